The molecule has 2 heteroatoms. The third-order valence-corrected chi connectivity index (χ3v) is 1.34. The molecule has 0 saturated carbocycles. The molecule has 0 radical (unpaired) electrons. The van der Waals surface area contributed by atoms with Gasteiger partial charge < -0.3 is 0 Å². The first-order valence-electron chi connectivity index (χ1n) is 3.34. The Kier molecular flexibility index (Phi) is 3.51. The van der Waals surface area contributed by atoms with Crippen LogP contribution in [0.15, 0.2) is 24.5 Å². The molecule has 0 N–H and O–H groups in total. The normalized spacial score (nSPS) is 8.45. The molecule has 1 nitrogen and oxygen atoms in total. The monoisotopic (exact) mass is 165 g/mol. The van der Waals surface area contributed by atoms with Crippen LogP contribution in [0.5, 0.6) is 0 Å². The molecule has 0 aliphatic carbocycles. The summed E-state index contributed by atoms with van der Waals surface area (Å²) in [6.07, 6.45) is 4.29. The van der Waals surface area contributed by atoms with Crippen molar-refractivity contribution < 1.29 is 0 Å². The van der Waals surface area contributed by atoms with Gasteiger partial charge in [-0.15, -0.1) is 11.6 Å². The molecule has 1 rings (SSSR count). The van der Waals surface area contributed by atoms with Crippen LogP contribution in [-0.2, 0) is 6.42 Å². The summed E-state index contributed by atoms with van der Waals surface area (Å²) in [6.45, 7) is 0. The highest BCUT2D eigenvalue weighted by Gasteiger charge is 1.84. The Morgan fingerprint density at radius 2 is 2.36 bits per heavy atom. The molecular formula is C9H8ClN. The van der Waals surface area contributed by atoms with E-state index in [1.165, 1.54) is 0 Å². The standard InChI is InChI=1S/C9H8ClN/c10-6-2-1-4-9-5-3-7-11-8-9/h3,5,7-8H,4,6H2. The van der Waals surface area contributed by atoms with Crippen LogP contribution in [0, 0.1) is 11.8 Å². The van der Waals surface area contributed by atoms with E-state index in [0.29, 0.717) is 5.88 Å². The number of hydrogen-bond acceptors (Lipinski definition) is 1. The summed E-state index contributed by atoms with van der Waals surface area (Å²) in [4.78, 5) is 3.96. The molecule has 0 aliphatic heterocycles. The van der Waals surface area contributed by atoms with Gasteiger partial charge >= 0.3 is 0 Å². The van der Waals surface area contributed by atoms with Gasteiger partial charge in [-0.2, -0.15) is 0 Å². The van der Waals surface area contributed by atoms with E-state index < -0.39 is 0 Å². The molecule has 0 fully saturated rings. The summed E-state index contributed by atoms with van der Waals surface area (Å²) >= 11 is 5.38. The van der Waals surface area contributed by atoms with Crippen molar-refractivity contribution in [2.45, 2.75) is 6.42 Å². The average Bonchev–Trinajstić information content (AvgIpc) is 2.07. The molecule has 0 bridgehead atoms. The fourth-order valence-electron chi connectivity index (χ4n) is 0.715. The zero-order valence-corrected chi connectivity index (χ0v) is 6.80. The Balaban J connectivity index is 2.52. The van der Waals surface area contributed by atoms with Crippen LogP contribution in [-0.4, -0.2) is 10.9 Å². The van der Waals surface area contributed by atoms with Gasteiger partial charge in [-0.3, -0.25) is 4.98 Å². The minimum absolute atomic E-state index is 0.403. The number of nitrogens with zero attached hydrogens (tertiary/aromatic N) is 1. The van der Waals surface area contributed by atoms with Crippen molar-refractivity contribution in [1.29, 1.82) is 0 Å². The van der Waals surface area contributed by atoms with Crippen LogP contribution in [0.1, 0.15) is 5.56 Å². The minimum atomic E-state index is 0.403. The Bertz CT molecular complexity index is 258. The number of hydrogen-bond donors (Lipinski definition) is 0. The number of aromatic nitrogens is 1. The first kappa shape index (κ1) is 8.10. The summed E-state index contributed by atoms with van der Waals surface area (Å²) in [5, 5.41) is 0. The molecule has 0 unspecified atom stereocenters. The van der Waals surface area contributed by atoms with Crippen LogP contribution < -0.4 is 0 Å². The Labute approximate surface area is 71.4 Å². The lowest BCUT2D eigenvalue weighted by Gasteiger charge is -1.89. The second kappa shape index (κ2) is 4.76. The number of rotatable bonds is 1. The Hall–Kier alpha value is -1.00. The highest BCUT2D eigenvalue weighted by molar-refractivity contribution is 6.19. The van der Waals surface area contributed by atoms with E-state index >= 15 is 0 Å². The largest absolute Gasteiger partial charge is 0.264 e. The fourth-order valence-corrected chi connectivity index (χ4v) is 0.809. The Morgan fingerprint density at radius 3 is 3.00 bits per heavy atom. The summed E-state index contributed by atoms with van der Waals surface area (Å²) < 4.78 is 0. The maximum absolute atomic E-state index is 5.38. The molecular weight excluding hydrogens is 158 g/mol. The maximum Gasteiger partial charge on any atom is 0.0835 e. The van der Waals surface area contributed by atoms with Crippen molar-refractivity contribution in [3.63, 3.8) is 0 Å². The third-order valence-electron chi connectivity index (χ3n) is 1.21. The average molecular weight is 166 g/mol. The van der Waals surface area contributed by atoms with E-state index in [0.717, 1.165) is 12.0 Å². The fraction of sp³-hybridized carbons (Fsp3) is 0.222. The van der Waals surface area contributed by atoms with Gasteiger partial charge in [-0.25, -0.2) is 0 Å². The SMILES string of the molecule is ClCC#CCc1cccnc1. The van der Waals surface area contributed by atoms with Gasteiger partial charge in [-0.1, -0.05) is 17.9 Å². The molecule has 1 aromatic heterocycles. The van der Waals surface area contributed by atoms with E-state index in [2.05, 4.69) is 16.8 Å². The second-order valence-corrected chi connectivity index (χ2v) is 2.29. The quantitative estimate of drug-likeness (QED) is 0.457. The van der Waals surface area contributed by atoms with Crippen LogP contribution >= 0.6 is 11.6 Å². The van der Waals surface area contributed by atoms with Crippen molar-refractivity contribution in [2.24, 2.45) is 0 Å². The van der Waals surface area contributed by atoms with Gasteiger partial charge in [0.15, 0.2) is 0 Å². The molecule has 0 atom stereocenters. The summed E-state index contributed by atoms with van der Waals surface area (Å²) in [5.74, 6) is 6.12. The summed E-state index contributed by atoms with van der Waals surface area (Å²) in [5.41, 5.74) is 1.13. The zero-order valence-electron chi connectivity index (χ0n) is 6.05. The highest BCUT2D eigenvalue weighted by atomic mass is 35.5. The molecule has 0 amide bonds. The lowest BCUT2D eigenvalue weighted by Crippen LogP contribution is -1.81. The summed E-state index contributed by atoms with van der Waals surface area (Å²) in [7, 11) is 0. The first-order chi connectivity index (χ1) is 5.43. The van der Waals surface area contributed by atoms with E-state index in [1.807, 2.05) is 18.3 Å². The second-order valence-electron chi connectivity index (χ2n) is 2.03. The first-order valence-corrected chi connectivity index (χ1v) is 3.87. The van der Waals surface area contributed by atoms with Crippen molar-refractivity contribution in [3.8, 4) is 11.8 Å². The van der Waals surface area contributed by atoms with Crippen LogP contribution in [0.4, 0.5) is 0 Å². The predicted molar refractivity (Wildman–Crippen MR) is 46.4 cm³/mol. The minimum Gasteiger partial charge on any atom is -0.264 e. The molecule has 56 valence electrons. The topological polar surface area (TPSA) is 12.9 Å². The van der Waals surface area contributed by atoms with Gasteiger partial charge in [0, 0.05) is 18.8 Å². The van der Waals surface area contributed by atoms with Crippen LogP contribution in [0.3, 0.4) is 0 Å². The van der Waals surface area contributed by atoms with Crippen LogP contribution in [0.25, 0.3) is 0 Å². The number of pyridine rings is 1. The van der Waals surface area contributed by atoms with Gasteiger partial charge in [0.1, 0.15) is 0 Å². The maximum atomic E-state index is 5.38. The van der Waals surface area contributed by atoms with Gasteiger partial charge in [0.25, 0.3) is 0 Å². The lowest BCUT2D eigenvalue weighted by atomic mass is 10.2. The van der Waals surface area contributed by atoms with Crippen molar-refractivity contribution in [3.05, 3.63) is 30.1 Å². The molecule has 0 aliphatic rings. The zero-order chi connectivity index (χ0) is 7.94. The van der Waals surface area contributed by atoms with E-state index in [1.54, 1.807) is 6.20 Å². The lowest BCUT2D eigenvalue weighted by molar-refractivity contribution is 1.21. The highest BCUT2D eigenvalue weighted by Crippen LogP contribution is 1.94. The number of halogens is 1. The number of alkyl halides is 1. The van der Waals surface area contributed by atoms with E-state index in [9.17, 15) is 0 Å². The van der Waals surface area contributed by atoms with Gasteiger partial charge in [0.2, 0.25) is 0 Å². The van der Waals surface area contributed by atoms with Crippen molar-refractivity contribution in [2.75, 3.05) is 5.88 Å². The third kappa shape index (κ3) is 3.06. The van der Waals surface area contributed by atoms with Gasteiger partial charge in [-0.05, 0) is 11.6 Å². The Morgan fingerprint density at radius 1 is 1.45 bits per heavy atom. The molecule has 1 aromatic rings. The van der Waals surface area contributed by atoms with E-state index in [-0.39, 0.29) is 0 Å². The molecule has 0 aromatic carbocycles. The van der Waals surface area contributed by atoms with Crippen molar-refractivity contribution in [1.82, 2.24) is 4.98 Å². The van der Waals surface area contributed by atoms with Crippen LogP contribution in [0.2, 0.25) is 0 Å². The molecule has 0 spiro atoms. The molecule has 1 heterocycles. The predicted octanol–water partition coefficient (Wildman–Crippen LogP) is 1.87. The molecule has 0 saturated heterocycles. The van der Waals surface area contributed by atoms with E-state index in [4.69, 9.17) is 11.6 Å². The molecule has 11 heavy (non-hydrogen) atoms. The summed E-state index contributed by atoms with van der Waals surface area (Å²) in [6, 6.07) is 3.90. The van der Waals surface area contributed by atoms with Gasteiger partial charge in [0.05, 0.1) is 5.88 Å². The smallest absolute Gasteiger partial charge is 0.0835 e. The van der Waals surface area contributed by atoms with Crippen molar-refractivity contribution >= 4 is 11.6 Å².